The van der Waals surface area contributed by atoms with Crippen LogP contribution in [0.2, 0.25) is 0 Å². The maximum atomic E-state index is 14.6. The van der Waals surface area contributed by atoms with Gasteiger partial charge in [0.2, 0.25) is 0 Å². The fraction of sp³-hybridized carbons (Fsp3) is 0.318. The average molecular weight is 445 g/mol. The molecule has 0 aromatic heterocycles. The molecule has 2 aromatic carbocycles. The van der Waals surface area contributed by atoms with Gasteiger partial charge in [0.25, 0.3) is 0 Å². The number of ether oxygens (including phenoxy) is 1. The fourth-order valence-electron chi connectivity index (χ4n) is 3.72. The normalized spacial score (nSPS) is 22.4. The van der Waals surface area contributed by atoms with Crippen LogP contribution in [-0.4, -0.2) is 34.1 Å². The molecule has 0 radical (unpaired) electrons. The quantitative estimate of drug-likeness (QED) is 0.729. The monoisotopic (exact) mass is 444 g/mol. The van der Waals surface area contributed by atoms with Gasteiger partial charge in [-0.15, -0.1) is 0 Å². The third-order valence-electron chi connectivity index (χ3n) is 5.18. The highest BCUT2D eigenvalue weighted by Crippen LogP contribution is 2.52. The van der Waals surface area contributed by atoms with Gasteiger partial charge >= 0.3 is 6.09 Å². The number of amides is 1. The topological polar surface area (TPSA) is 80.3 Å². The first-order chi connectivity index (χ1) is 14.8. The van der Waals surface area contributed by atoms with Gasteiger partial charge in [-0.25, -0.2) is 18.6 Å². The van der Waals surface area contributed by atoms with Crippen molar-refractivity contribution in [1.29, 1.82) is 0 Å². The maximum Gasteiger partial charge on any atom is 0.436 e. The second-order valence-corrected chi connectivity index (χ2v) is 9.07. The molecule has 31 heavy (non-hydrogen) atoms. The van der Waals surface area contributed by atoms with Gasteiger partial charge in [-0.05, 0) is 57.0 Å². The van der Waals surface area contributed by atoms with Gasteiger partial charge in [-0.1, -0.05) is 42.1 Å². The molecule has 1 atom stereocenters. The van der Waals surface area contributed by atoms with Crippen molar-refractivity contribution in [2.24, 2.45) is 15.8 Å². The molecule has 9 heteroatoms. The van der Waals surface area contributed by atoms with Crippen LogP contribution in [0.3, 0.4) is 0 Å². The van der Waals surface area contributed by atoms with Crippen molar-refractivity contribution in [3.63, 3.8) is 0 Å². The smallest absolute Gasteiger partial charge is 0.434 e. The summed E-state index contributed by atoms with van der Waals surface area (Å²) >= 11 is 1.29. The first kappa shape index (κ1) is 21.5. The Hall–Kier alpha value is -2.78. The third kappa shape index (κ3) is 3.83. The number of amidine groups is 1. The molecule has 0 saturated carbocycles. The number of nitrogens with two attached hydrogens (primary N) is 1. The van der Waals surface area contributed by atoms with Crippen molar-refractivity contribution < 1.29 is 18.3 Å². The average Bonchev–Trinajstić information content (AvgIpc) is 3.25. The van der Waals surface area contributed by atoms with Crippen LogP contribution in [0.25, 0.3) is 0 Å². The minimum absolute atomic E-state index is 0.0456. The minimum Gasteiger partial charge on any atom is -0.434 e. The Morgan fingerprint density at radius 3 is 2.55 bits per heavy atom. The van der Waals surface area contributed by atoms with Crippen LogP contribution in [0.5, 0.6) is 0 Å². The van der Waals surface area contributed by atoms with E-state index in [4.69, 9.17) is 10.5 Å². The molecule has 2 heterocycles. The van der Waals surface area contributed by atoms with Gasteiger partial charge in [0, 0.05) is 5.56 Å². The Morgan fingerprint density at radius 1 is 1.16 bits per heavy atom. The predicted octanol–water partition coefficient (Wildman–Crippen LogP) is 4.59. The summed E-state index contributed by atoms with van der Waals surface area (Å²) in [5, 5.41) is 6.56. The van der Waals surface area contributed by atoms with E-state index in [9.17, 15) is 13.6 Å². The number of rotatable bonds is 5. The van der Waals surface area contributed by atoms with Crippen LogP contribution in [0, 0.1) is 11.6 Å². The number of carbonyl (C=O) groups is 1. The Balaban J connectivity index is 1.91. The summed E-state index contributed by atoms with van der Waals surface area (Å²) in [4.78, 5) is 15.2. The van der Waals surface area contributed by atoms with Crippen molar-refractivity contribution in [2.75, 3.05) is 6.54 Å². The molecular formula is C22H22F2N4O2S. The number of thioether (sulfide) groups is 1. The molecular weight excluding hydrogens is 422 g/mol. The van der Waals surface area contributed by atoms with E-state index >= 15 is 0 Å². The summed E-state index contributed by atoms with van der Waals surface area (Å²) in [7, 11) is 0. The number of hydrogen-bond donors (Lipinski definition) is 1. The van der Waals surface area contributed by atoms with E-state index in [1.807, 2.05) is 30.3 Å². The summed E-state index contributed by atoms with van der Waals surface area (Å²) in [5.74, 6) is -0.851. The molecule has 4 rings (SSSR count). The number of aliphatic imine (C=N–C) groups is 1. The molecule has 6 nitrogen and oxygen atoms in total. The zero-order chi connectivity index (χ0) is 22.2. The molecule has 0 spiro atoms. The number of halogens is 2. The van der Waals surface area contributed by atoms with E-state index in [-0.39, 0.29) is 10.6 Å². The van der Waals surface area contributed by atoms with E-state index in [1.54, 1.807) is 18.9 Å². The van der Waals surface area contributed by atoms with Crippen LogP contribution in [0.1, 0.15) is 37.8 Å². The summed E-state index contributed by atoms with van der Waals surface area (Å²) in [5.41, 5.74) is 5.70. The number of benzene rings is 2. The van der Waals surface area contributed by atoms with Crippen LogP contribution < -0.4 is 5.73 Å². The van der Waals surface area contributed by atoms with E-state index in [2.05, 4.69) is 10.1 Å². The van der Waals surface area contributed by atoms with Gasteiger partial charge < -0.3 is 10.5 Å². The minimum atomic E-state index is -1.04. The first-order valence-electron chi connectivity index (χ1n) is 9.88. The van der Waals surface area contributed by atoms with Gasteiger partial charge in [0.05, 0.1) is 0 Å². The zero-order valence-corrected chi connectivity index (χ0v) is 18.0. The van der Waals surface area contributed by atoms with Crippen molar-refractivity contribution >= 4 is 28.7 Å². The van der Waals surface area contributed by atoms with Crippen molar-refractivity contribution in [3.8, 4) is 0 Å². The second-order valence-electron chi connectivity index (χ2n) is 7.80. The van der Waals surface area contributed by atoms with Gasteiger partial charge in [0.15, 0.2) is 11.4 Å². The molecule has 1 unspecified atom stereocenters. The molecule has 1 amide bonds. The predicted molar refractivity (Wildman–Crippen MR) is 117 cm³/mol. The Morgan fingerprint density at radius 2 is 1.90 bits per heavy atom. The summed E-state index contributed by atoms with van der Waals surface area (Å²) < 4.78 is 33.9. The van der Waals surface area contributed by atoms with E-state index in [0.717, 1.165) is 23.8 Å². The van der Waals surface area contributed by atoms with Gasteiger partial charge in [-0.2, -0.15) is 10.1 Å². The number of hydrazone groups is 1. The molecule has 162 valence electrons. The first-order valence-corrected chi connectivity index (χ1v) is 10.7. The molecule has 2 aliphatic heterocycles. The van der Waals surface area contributed by atoms with Crippen molar-refractivity contribution in [1.82, 2.24) is 5.01 Å². The molecule has 2 N–H and O–H groups in total. The lowest BCUT2D eigenvalue weighted by atomic mass is 9.98. The standard InChI is InChI=1S/C22H22F2N4O2S/c1-21(2)19(26-20(29)30-21)28-22(11-6-12-25,14-7-4-3-5-8-14)31-18(27-28)16-13-15(23)9-10-17(16)24/h3-5,7-10,13H,6,11-12,25H2,1-2H3. The molecule has 0 saturated heterocycles. The van der Waals surface area contributed by atoms with E-state index in [1.165, 1.54) is 11.8 Å². The van der Waals surface area contributed by atoms with Gasteiger partial charge in [-0.3, -0.25) is 0 Å². The molecule has 0 fully saturated rings. The lowest BCUT2D eigenvalue weighted by molar-refractivity contribution is 0.0958. The van der Waals surface area contributed by atoms with Crippen LogP contribution in [0.4, 0.5) is 13.6 Å². The molecule has 0 bridgehead atoms. The highest BCUT2D eigenvalue weighted by atomic mass is 32.2. The fourth-order valence-corrected chi connectivity index (χ4v) is 5.14. The largest absolute Gasteiger partial charge is 0.436 e. The number of carbonyl (C=O) groups excluding carboxylic acids is 1. The summed E-state index contributed by atoms with van der Waals surface area (Å²) in [6.07, 6.45) is 0.451. The maximum absolute atomic E-state index is 14.6. The second kappa shape index (κ2) is 8.05. The summed E-state index contributed by atoms with van der Waals surface area (Å²) in [6, 6.07) is 12.8. The van der Waals surface area contributed by atoms with Crippen molar-refractivity contribution in [3.05, 3.63) is 71.3 Å². The zero-order valence-electron chi connectivity index (χ0n) is 17.1. The van der Waals surface area contributed by atoms with Crippen LogP contribution in [0.15, 0.2) is 58.6 Å². The van der Waals surface area contributed by atoms with Gasteiger partial charge in [0.1, 0.15) is 21.5 Å². The lowest BCUT2D eigenvalue weighted by Gasteiger charge is -2.39. The SMILES string of the molecule is CC1(C)OC(=O)N=C1N1N=C(c2cc(F)ccc2F)SC1(CCCN)c1ccccc1. The number of nitrogens with zero attached hydrogens (tertiary/aromatic N) is 3. The summed E-state index contributed by atoms with van der Waals surface area (Å²) in [6.45, 7) is 3.87. The lowest BCUT2D eigenvalue weighted by Crippen LogP contribution is -2.49. The van der Waals surface area contributed by atoms with Crippen molar-refractivity contribution in [2.45, 2.75) is 37.2 Å². The van der Waals surface area contributed by atoms with E-state index in [0.29, 0.717) is 25.2 Å². The number of hydrogen-bond acceptors (Lipinski definition) is 6. The van der Waals surface area contributed by atoms with Crippen LogP contribution >= 0.6 is 11.8 Å². The molecule has 2 aliphatic rings. The van der Waals surface area contributed by atoms with E-state index < -0.39 is 28.2 Å². The highest BCUT2D eigenvalue weighted by Gasteiger charge is 2.53. The number of cyclic esters (lactones) is 1. The molecule has 2 aromatic rings. The highest BCUT2D eigenvalue weighted by molar-refractivity contribution is 8.15. The Kier molecular flexibility index (Phi) is 5.57. The van der Waals surface area contributed by atoms with Crippen LogP contribution in [-0.2, 0) is 9.61 Å². The Labute approximate surface area is 183 Å². The molecule has 0 aliphatic carbocycles. The third-order valence-corrected chi connectivity index (χ3v) is 6.63. The Bertz CT molecular complexity index is 1070.